The van der Waals surface area contributed by atoms with Gasteiger partial charge in [0.05, 0.1) is 12.7 Å². The van der Waals surface area contributed by atoms with Crippen LogP contribution in [-0.4, -0.2) is 30.1 Å². The molecule has 19 heavy (non-hydrogen) atoms. The number of hydrogen-bond acceptors (Lipinski definition) is 4. The van der Waals surface area contributed by atoms with Crippen LogP contribution in [0, 0.1) is 5.82 Å². The monoisotopic (exact) mass is 267 g/mol. The number of benzene rings is 1. The SMILES string of the molecule is COC(=O)c1cc(NC(=O)/C=C/C(=O)O)ccc1F. The first-order valence-corrected chi connectivity index (χ1v) is 5.04. The van der Waals surface area contributed by atoms with Crippen molar-refractivity contribution in [3.8, 4) is 0 Å². The van der Waals surface area contributed by atoms with Crippen LogP contribution < -0.4 is 5.32 Å². The number of carboxylic acid groups (broad SMARTS) is 1. The Kier molecular flexibility index (Phi) is 4.76. The second kappa shape index (κ2) is 6.29. The van der Waals surface area contributed by atoms with Crippen molar-refractivity contribution < 1.29 is 28.6 Å². The number of amides is 1. The van der Waals surface area contributed by atoms with Gasteiger partial charge in [-0.05, 0) is 18.2 Å². The van der Waals surface area contributed by atoms with E-state index in [1.54, 1.807) is 0 Å². The average molecular weight is 267 g/mol. The van der Waals surface area contributed by atoms with E-state index in [1.807, 2.05) is 0 Å². The van der Waals surface area contributed by atoms with Gasteiger partial charge in [-0.15, -0.1) is 0 Å². The Hall–Kier alpha value is -2.70. The summed E-state index contributed by atoms with van der Waals surface area (Å²) >= 11 is 0. The zero-order valence-corrected chi connectivity index (χ0v) is 9.84. The average Bonchev–Trinajstić information content (AvgIpc) is 2.37. The van der Waals surface area contributed by atoms with Gasteiger partial charge in [-0.1, -0.05) is 0 Å². The number of hydrogen-bond donors (Lipinski definition) is 2. The predicted molar refractivity (Wildman–Crippen MR) is 63.1 cm³/mol. The molecular weight excluding hydrogens is 257 g/mol. The number of carbonyl (C=O) groups is 3. The lowest BCUT2D eigenvalue weighted by atomic mass is 10.2. The molecule has 0 aliphatic heterocycles. The van der Waals surface area contributed by atoms with E-state index in [2.05, 4.69) is 10.1 Å². The van der Waals surface area contributed by atoms with Gasteiger partial charge in [-0.25, -0.2) is 14.0 Å². The second-order valence-corrected chi connectivity index (χ2v) is 3.35. The number of ether oxygens (including phenoxy) is 1. The zero-order valence-electron chi connectivity index (χ0n) is 9.84. The highest BCUT2D eigenvalue weighted by atomic mass is 19.1. The third-order valence-electron chi connectivity index (χ3n) is 2.02. The number of nitrogens with one attached hydrogen (secondary N) is 1. The summed E-state index contributed by atoms with van der Waals surface area (Å²) in [6.07, 6.45) is 1.45. The van der Waals surface area contributed by atoms with Gasteiger partial charge in [0.2, 0.25) is 5.91 Å². The van der Waals surface area contributed by atoms with E-state index >= 15 is 0 Å². The Morgan fingerprint density at radius 3 is 2.58 bits per heavy atom. The van der Waals surface area contributed by atoms with E-state index in [-0.39, 0.29) is 11.3 Å². The summed E-state index contributed by atoms with van der Waals surface area (Å²) in [5, 5.41) is 10.6. The van der Waals surface area contributed by atoms with Crippen molar-refractivity contribution in [1.82, 2.24) is 0 Å². The normalized spacial score (nSPS) is 10.2. The molecule has 1 amide bonds. The van der Waals surface area contributed by atoms with Crippen LogP contribution in [0.5, 0.6) is 0 Å². The van der Waals surface area contributed by atoms with Gasteiger partial charge in [0, 0.05) is 17.8 Å². The summed E-state index contributed by atoms with van der Waals surface area (Å²) in [7, 11) is 1.10. The quantitative estimate of drug-likeness (QED) is 0.631. The number of esters is 1. The summed E-state index contributed by atoms with van der Waals surface area (Å²) in [6, 6.07) is 3.31. The molecular formula is C12H10FNO5. The molecule has 2 N–H and O–H groups in total. The summed E-state index contributed by atoms with van der Waals surface area (Å²) in [5.74, 6) is -3.66. The zero-order chi connectivity index (χ0) is 14.4. The van der Waals surface area contributed by atoms with E-state index in [9.17, 15) is 18.8 Å². The molecule has 0 fully saturated rings. The molecule has 1 aromatic carbocycles. The third-order valence-corrected chi connectivity index (χ3v) is 2.02. The molecule has 1 aromatic rings. The highest BCUT2D eigenvalue weighted by Gasteiger charge is 2.13. The van der Waals surface area contributed by atoms with Crippen molar-refractivity contribution in [2.45, 2.75) is 0 Å². The highest BCUT2D eigenvalue weighted by molar-refractivity contribution is 6.03. The van der Waals surface area contributed by atoms with Crippen LogP contribution in [0.2, 0.25) is 0 Å². The fraction of sp³-hybridized carbons (Fsp3) is 0.0833. The van der Waals surface area contributed by atoms with Crippen LogP contribution >= 0.6 is 0 Å². The third kappa shape index (κ3) is 4.23. The second-order valence-electron chi connectivity index (χ2n) is 3.35. The molecule has 1 rings (SSSR count). The lowest BCUT2D eigenvalue weighted by Crippen LogP contribution is -2.11. The standard InChI is InChI=1S/C12H10FNO5/c1-19-12(18)8-6-7(2-3-9(8)13)14-10(15)4-5-11(16)17/h2-6H,1H3,(H,14,15)(H,16,17)/b5-4+. The Labute approximate surface area is 107 Å². The Morgan fingerprint density at radius 2 is 2.00 bits per heavy atom. The lowest BCUT2D eigenvalue weighted by Gasteiger charge is -2.05. The maximum Gasteiger partial charge on any atom is 0.340 e. The van der Waals surface area contributed by atoms with Gasteiger partial charge in [0.1, 0.15) is 5.82 Å². The molecule has 0 aliphatic rings. The number of carbonyl (C=O) groups excluding carboxylic acids is 2. The molecule has 0 bridgehead atoms. The minimum absolute atomic E-state index is 0.141. The highest BCUT2D eigenvalue weighted by Crippen LogP contribution is 2.15. The van der Waals surface area contributed by atoms with Crippen LogP contribution in [0.25, 0.3) is 0 Å². The molecule has 7 heteroatoms. The molecule has 0 spiro atoms. The first kappa shape index (κ1) is 14.4. The van der Waals surface area contributed by atoms with Gasteiger partial charge in [-0.2, -0.15) is 0 Å². The topological polar surface area (TPSA) is 92.7 Å². The summed E-state index contributed by atoms with van der Waals surface area (Å²) < 4.78 is 17.7. The number of aliphatic carboxylic acids is 1. The van der Waals surface area contributed by atoms with Gasteiger partial charge in [-0.3, -0.25) is 4.79 Å². The van der Waals surface area contributed by atoms with E-state index < -0.39 is 23.7 Å². The summed E-state index contributed by atoms with van der Waals surface area (Å²) in [4.78, 5) is 32.7. The Balaban J connectivity index is 2.88. The molecule has 0 saturated carbocycles. The van der Waals surface area contributed by atoms with Gasteiger partial charge >= 0.3 is 11.9 Å². The fourth-order valence-electron chi connectivity index (χ4n) is 1.20. The van der Waals surface area contributed by atoms with Crippen molar-refractivity contribution in [2.75, 3.05) is 12.4 Å². The Bertz CT molecular complexity index is 553. The molecule has 0 atom stereocenters. The van der Waals surface area contributed by atoms with Crippen LogP contribution in [-0.2, 0) is 14.3 Å². The van der Waals surface area contributed by atoms with Crippen molar-refractivity contribution in [1.29, 1.82) is 0 Å². The van der Waals surface area contributed by atoms with Crippen molar-refractivity contribution in [3.05, 3.63) is 41.7 Å². The maximum atomic E-state index is 13.3. The minimum atomic E-state index is -1.27. The van der Waals surface area contributed by atoms with E-state index in [0.29, 0.717) is 6.08 Å². The fourth-order valence-corrected chi connectivity index (χ4v) is 1.20. The van der Waals surface area contributed by atoms with Crippen molar-refractivity contribution in [3.63, 3.8) is 0 Å². The maximum absolute atomic E-state index is 13.3. The molecule has 0 radical (unpaired) electrons. The predicted octanol–water partition coefficient (Wildman–Crippen LogP) is 1.19. The summed E-state index contributed by atoms with van der Waals surface area (Å²) in [6.45, 7) is 0. The van der Waals surface area contributed by atoms with E-state index in [0.717, 1.165) is 25.3 Å². The molecule has 0 unspecified atom stereocenters. The van der Waals surface area contributed by atoms with Crippen molar-refractivity contribution in [2.24, 2.45) is 0 Å². The first-order valence-electron chi connectivity index (χ1n) is 5.04. The summed E-state index contributed by atoms with van der Waals surface area (Å²) in [5.41, 5.74) is -0.190. The van der Waals surface area contributed by atoms with Crippen LogP contribution in [0.15, 0.2) is 30.4 Å². The molecule has 0 aliphatic carbocycles. The number of halogens is 1. The van der Waals surface area contributed by atoms with Gasteiger partial charge in [0.15, 0.2) is 0 Å². The molecule has 0 saturated heterocycles. The van der Waals surface area contributed by atoms with Crippen molar-refractivity contribution >= 4 is 23.5 Å². The largest absolute Gasteiger partial charge is 0.478 e. The Morgan fingerprint density at radius 1 is 1.32 bits per heavy atom. The lowest BCUT2D eigenvalue weighted by molar-refractivity contribution is -0.131. The first-order chi connectivity index (χ1) is 8.93. The van der Waals surface area contributed by atoms with E-state index in [4.69, 9.17) is 5.11 Å². The minimum Gasteiger partial charge on any atom is -0.478 e. The van der Waals surface area contributed by atoms with E-state index in [1.165, 1.54) is 6.07 Å². The molecule has 100 valence electrons. The van der Waals surface area contributed by atoms with Crippen LogP contribution in [0.1, 0.15) is 10.4 Å². The number of carboxylic acids is 1. The number of rotatable bonds is 4. The van der Waals surface area contributed by atoms with Crippen LogP contribution in [0.3, 0.4) is 0 Å². The number of anilines is 1. The smallest absolute Gasteiger partial charge is 0.340 e. The molecule has 0 heterocycles. The van der Waals surface area contributed by atoms with Gasteiger partial charge < -0.3 is 15.2 Å². The molecule has 0 aromatic heterocycles. The molecule has 6 nitrogen and oxygen atoms in total. The number of methoxy groups -OCH3 is 1. The van der Waals surface area contributed by atoms with Gasteiger partial charge in [0.25, 0.3) is 0 Å². The van der Waals surface area contributed by atoms with Crippen LogP contribution in [0.4, 0.5) is 10.1 Å².